The lowest BCUT2D eigenvalue weighted by atomic mass is 10.1. The Morgan fingerprint density at radius 2 is 1.90 bits per heavy atom. The molecule has 0 fully saturated rings. The zero-order chi connectivity index (χ0) is 14.5. The van der Waals surface area contributed by atoms with Crippen LogP contribution in [0.5, 0.6) is 0 Å². The second-order valence-corrected chi connectivity index (χ2v) is 5.66. The molecule has 4 nitrogen and oxygen atoms in total. The van der Waals surface area contributed by atoms with E-state index >= 15 is 0 Å². The van der Waals surface area contributed by atoms with Gasteiger partial charge >= 0.3 is 5.97 Å². The second kappa shape index (κ2) is 6.54. The summed E-state index contributed by atoms with van der Waals surface area (Å²) in [6.45, 7) is 0. The first kappa shape index (κ1) is 14.6. The van der Waals surface area contributed by atoms with Crippen LogP contribution in [-0.4, -0.2) is 19.0 Å². The van der Waals surface area contributed by atoms with Crippen LogP contribution in [0.15, 0.2) is 42.5 Å². The highest BCUT2D eigenvalue weighted by atomic mass is 35.5. The summed E-state index contributed by atoms with van der Waals surface area (Å²) in [4.78, 5) is 24.4. The molecule has 0 aliphatic carbocycles. The highest BCUT2D eigenvalue weighted by Crippen LogP contribution is 2.22. The molecular formula is C14H12ClNO3S. The minimum Gasteiger partial charge on any atom is -0.467 e. The maximum absolute atomic E-state index is 12.1. The Labute approximate surface area is 125 Å². The van der Waals surface area contributed by atoms with Crippen LogP contribution in [-0.2, 0) is 9.53 Å². The van der Waals surface area contributed by atoms with Crippen LogP contribution in [0, 0.1) is 0 Å². The smallest absolute Gasteiger partial charge is 0.333 e. The Morgan fingerprint density at radius 1 is 1.20 bits per heavy atom. The summed E-state index contributed by atoms with van der Waals surface area (Å²) in [7, 11) is 1.28. The van der Waals surface area contributed by atoms with Crippen molar-refractivity contribution in [3.8, 4) is 0 Å². The molecule has 1 aromatic heterocycles. The summed E-state index contributed by atoms with van der Waals surface area (Å²) >= 11 is 6.95. The van der Waals surface area contributed by atoms with Crippen LogP contribution in [0.2, 0.25) is 4.34 Å². The van der Waals surface area contributed by atoms with Gasteiger partial charge in [0.15, 0.2) is 6.04 Å². The molecule has 1 atom stereocenters. The number of benzene rings is 1. The maximum atomic E-state index is 12.1. The molecule has 1 unspecified atom stereocenters. The number of carbonyl (C=O) groups excluding carboxylic acids is 2. The van der Waals surface area contributed by atoms with Crippen LogP contribution in [0.25, 0.3) is 0 Å². The average Bonchev–Trinajstić information content (AvgIpc) is 2.91. The number of hydrogen-bond acceptors (Lipinski definition) is 4. The number of rotatable bonds is 4. The second-order valence-electron chi connectivity index (χ2n) is 3.94. The first-order valence-corrected chi connectivity index (χ1v) is 7.00. The molecular weight excluding hydrogens is 298 g/mol. The van der Waals surface area contributed by atoms with E-state index in [1.165, 1.54) is 7.11 Å². The molecule has 1 N–H and O–H groups in total. The van der Waals surface area contributed by atoms with Crippen LogP contribution in [0.1, 0.15) is 21.3 Å². The van der Waals surface area contributed by atoms with Crippen molar-refractivity contribution in [3.63, 3.8) is 0 Å². The number of amides is 1. The summed E-state index contributed by atoms with van der Waals surface area (Å²) in [5.74, 6) is -0.881. The zero-order valence-corrected chi connectivity index (χ0v) is 12.2. The number of methoxy groups -OCH3 is 1. The third kappa shape index (κ3) is 3.37. The van der Waals surface area contributed by atoms with E-state index in [9.17, 15) is 9.59 Å². The van der Waals surface area contributed by atoms with Gasteiger partial charge in [0.1, 0.15) is 0 Å². The molecule has 0 bridgehead atoms. The minimum absolute atomic E-state index is 0.360. The first-order valence-electron chi connectivity index (χ1n) is 5.81. The summed E-state index contributed by atoms with van der Waals surface area (Å²) in [5.41, 5.74) is 0.662. The molecule has 2 rings (SSSR count). The molecule has 104 valence electrons. The fourth-order valence-electron chi connectivity index (χ4n) is 1.68. The Morgan fingerprint density at radius 3 is 2.45 bits per heavy atom. The van der Waals surface area contributed by atoms with E-state index in [2.05, 4.69) is 5.32 Å². The molecule has 0 saturated heterocycles. The van der Waals surface area contributed by atoms with Gasteiger partial charge in [-0.3, -0.25) is 4.79 Å². The molecule has 20 heavy (non-hydrogen) atoms. The van der Waals surface area contributed by atoms with Crippen LogP contribution < -0.4 is 5.32 Å². The highest BCUT2D eigenvalue weighted by Gasteiger charge is 2.24. The van der Waals surface area contributed by atoms with Crippen molar-refractivity contribution in [2.75, 3.05) is 7.11 Å². The molecule has 6 heteroatoms. The van der Waals surface area contributed by atoms with E-state index in [4.69, 9.17) is 16.3 Å². The van der Waals surface area contributed by atoms with E-state index in [0.717, 1.165) is 11.3 Å². The van der Waals surface area contributed by atoms with Crippen molar-refractivity contribution in [3.05, 3.63) is 57.2 Å². The van der Waals surface area contributed by atoms with Crippen molar-refractivity contribution >= 4 is 34.8 Å². The predicted octanol–water partition coefficient (Wildman–Crippen LogP) is 3.05. The number of esters is 1. The topological polar surface area (TPSA) is 55.4 Å². The summed E-state index contributed by atoms with van der Waals surface area (Å²) in [6.07, 6.45) is 0. The number of ether oxygens (including phenoxy) is 1. The van der Waals surface area contributed by atoms with Crippen LogP contribution >= 0.6 is 22.9 Å². The summed E-state index contributed by atoms with van der Waals surface area (Å²) < 4.78 is 5.25. The van der Waals surface area contributed by atoms with E-state index in [1.54, 1.807) is 36.4 Å². The highest BCUT2D eigenvalue weighted by molar-refractivity contribution is 7.18. The Kier molecular flexibility index (Phi) is 4.76. The van der Waals surface area contributed by atoms with Crippen molar-refractivity contribution in [2.45, 2.75) is 6.04 Å². The molecule has 0 radical (unpaired) electrons. The predicted molar refractivity (Wildman–Crippen MR) is 78.0 cm³/mol. The van der Waals surface area contributed by atoms with E-state index in [0.29, 0.717) is 14.8 Å². The van der Waals surface area contributed by atoms with Gasteiger partial charge in [-0.25, -0.2) is 4.79 Å². The number of carbonyl (C=O) groups is 2. The zero-order valence-electron chi connectivity index (χ0n) is 10.6. The van der Waals surface area contributed by atoms with Crippen molar-refractivity contribution in [2.24, 2.45) is 0 Å². The third-order valence-corrected chi connectivity index (χ3v) is 3.87. The van der Waals surface area contributed by atoms with Gasteiger partial charge in [0.2, 0.25) is 0 Å². The molecule has 0 aliphatic heterocycles. The van der Waals surface area contributed by atoms with Gasteiger partial charge in [0.05, 0.1) is 16.3 Å². The van der Waals surface area contributed by atoms with E-state index < -0.39 is 12.0 Å². The quantitative estimate of drug-likeness (QED) is 0.883. The number of nitrogens with one attached hydrogen (secondary N) is 1. The van der Waals surface area contributed by atoms with Gasteiger partial charge in [-0.05, 0) is 17.7 Å². The molecule has 1 aromatic carbocycles. The molecule has 0 saturated carbocycles. The van der Waals surface area contributed by atoms with Crippen LogP contribution in [0.3, 0.4) is 0 Å². The summed E-state index contributed by atoms with van der Waals surface area (Å²) in [5, 5.41) is 2.65. The van der Waals surface area contributed by atoms with Crippen LogP contribution in [0.4, 0.5) is 0 Å². The maximum Gasteiger partial charge on any atom is 0.333 e. The Hall–Kier alpha value is -1.85. The molecule has 1 amide bonds. The minimum atomic E-state index is -0.838. The van der Waals surface area contributed by atoms with Gasteiger partial charge in [0.25, 0.3) is 5.91 Å². The Bertz CT molecular complexity index is 612. The van der Waals surface area contributed by atoms with Gasteiger partial charge in [-0.2, -0.15) is 0 Å². The third-order valence-electron chi connectivity index (χ3n) is 2.64. The first-order chi connectivity index (χ1) is 9.61. The largest absolute Gasteiger partial charge is 0.467 e. The Balaban J connectivity index is 2.21. The van der Waals surface area contributed by atoms with Crippen molar-refractivity contribution < 1.29 is 14.3 Å². The van der Waals surface area contributed by atoms with E-state index in [1.807, 2.05) is 6.07 Å². The molecule has 0 aliphatic rings. The van der Waals surface area contributed by atoms with Gasteiger partial charge in [-0.1, -0.05) is 41.9 Å². The van der Waals surface area contributed by atoms with Gasteiger partial charge in [0, 0.05) is 0 Å². The van der Waals surface area contributed by atoms with Gasteiger partial charge in [-0.15, -0.1) is 11.3 Å². The number of hydrogen-bond donors (Lipinski definition) is 1. The lowest BCUT2D eigenvalue weighted by molar-refractivity contribution is -0.143. The monoisotopic (exact) mass is 309 g/mol. The summed E-state index contributed by atoms with van der Waals surface area (Å²) in [6, 6.07) is 11.3. The fraction of sp³-hybridized carbons (Fsp3) is 0.143. The normalized spacial score (nSPS) is 11.7. The molecule has 2 aromatic rings. The van der Waals surface area contributed by atoms with Crippen molar-refractivity contribution in [1.82, 2.24) is 5.32 Å². The van der Waals surface area contributed by atoms with E-state index in [-0.39, 0.29) is 5.91 Å². The fourth-order valence-corrected chi connectivity index (χ4v) is 2.63. The average molecular weight is 310 g/mol. The number of halogens is 1. The standard InChI is InChI=1S/C14H12ClNO3S/c1-19-14(18)12(9-5-3-2-4-6-9)16-13(17)10-7-8-11(15)20-10/h2-8,12H,1H3,(H,16,17). The molecule has 0 spiro atoms. The number of thiophene rings is 1. The lowest BCUT2D eigenvalue weighted by Crippen LogP contribution is -2.34. The lowest BCUT2D eigenvalue weighted by Gasteiger charge is -2.16. The van der Waals surface area contributed by atoms with Crippen molar-refractivity contribution in [1.29, 1.82) is 0 Å². The molecule has 1 heterocycles. The van der Waals surface area contributed by atoms with Gasteiger partial charge < -0.3 is 10.1 Å². The SMILES string of the molecule is COC(=O)C(NC(=O)c1ccc(Cl)s1)c1ccccc1.